The van der Waals surface area contributed by atoms with Gasteiger partial charge in [0.2, 0.25) is 23.6 Å². The molecule has 0 aliphatic heterocycles. The van der Waals surface area contributed by atoms with E-state index in [1.807, 2.05) is 37.7 Å². The van der Waals surface area contributed by atoms with Crippen molar-refractivity contribution in [1.82, 2.24) is 35.4 Å². The highest BCUT2D eigenvalue weighted by atomic mass is 32.2. The van der Waals surface area contributed by atoms with Crippen LogP contribution in [0.25, 0.3) is 0 Å². The van der Waals surface area contributed by atoms with Gasteiger partial charge in [0, 0.05) is 81.1 Å². The zero-order chi connectivity index (χ0) is 49.6. The summed E-state index contributed by atoms with van der Waals surface area (Å²) in [6, 6.07) is -1.93. The maximum atomic E-state index is 12.8. The maximum Gasteiger partial charge on any atom is 0.373 e. The monoisotopic (exact) mass is 931 g/mol. The van der Waals surface area contributed by atoms with Crippen LogP contribution in [0.15, 0.2) is 9.98 Å². The zero-order valence-corrected chi connectivity index (χ0v) is 41.5. The highest BCUT2D eigenvalue weighted by molar-refractivity contribution is 8.13. The average molecular weight is 931 g/mol. The van der Waals surface area contributed by atoms with Crippen LogP contribution in [0.5, 0.6) is 0 Å². The number of nitrogens with zero attached hydrogens (tertiary/aromatic N) is 6. The van der Waals surface area contributed by atoms with Gasteiger partial charge >= 0.3 is 20.1 Å². The van der Waals surface area contributed by atoms with E-state index >= 15 is 0 Å². The van der Waals surface area contributed by atoms with E-state index in [0.29, 0.717) is 16.8 Å². The Hall–Kier alpha value is -4.03. The van der Waals surface area contributed by atoms with Gasteiger partial charge in [-0.1, -0.05) is 37.4 Å². The summed E-state index contributed by atoms with van der Waals surface area (Å²) in [5.41, 5.74) is 5.17. The Kier molecular flexibility index (Phi) is 35.5. The number of amidine groups is 4. The van der Waals surface area contributed by atoms with Crippen LogP contribution in [0.1, 0.15) is 80.1 Å². The van der Waals surface area contributed by atoms with Crippen molar-refractivity contribution in [3.05, 3.63) is 0 Å². The van der Waals surface area contributed by atoms with E-state index in [1.54, 1.807) is 33.4 Å². The summed E-state index contributed by atoms with van der Waals surface area (Å²) in [6.45, 7) is 14.6. The molecular formula is C38H76B2N12O9S2. The van der Waals surface area contributed by atoms with Crippen LogP contribution in [0, 0.1) is 22.7 Å². The number of aliphatic imine (C=N–C) groups is 2. The predicted molar refractivity (Wildman–Crippen MR) is 258 cm³/mol. The van der Waals surface area contributed by atoms with E-state index < -0.39 is 38.1 Å². The number of rotatable bonds is 22. The van der Waals surface area contributed by atoms with Crippen molar-refractivity contribution < 1.29 is 43.9 Å². The first-order chi connectivity index (χ1) is 29.1. The topological polar surface area (TPSA) is 311 Å². The molecule has 0 spiro atoms. The van der Waals surface area contributed by atoms with E-state index in [-0.39, 0.29) is 66.6 Å². The Morgan fingerprint density at radius 3 is 1.41 bits per heavy atom. The fourth-order valence-corrected chi connectivity index (χ4v) is 5.77. The number of nitrogens with one attached hydrogen (secondary N) is 5. The predicted octanol–water partition coefficient (Wildman–Crippen LogP) is 1.17. The lowest BCUT2D eigenvalue weighted by molar-refractivity contribution is -0.149. The van der Waals surface area contributed by atoms with E-state index in [9.17, 15) is 43.9 Å². The Morgan fingerprint density at radius 2 is 1.11 bits per heavy atom. The van der Waals surface area contributed by atoms with Crippen LogP contribution >= 0.6 is 23.5 Å². The molecule has 0 heterocycles. The molecule has 0 aliphatic carbocycles. The summed E-state index contributed by atoms with van der Waals surface area (Å²) in [6.07, 6.45) is 7.38. The van der Waals surface area contributed by atoms with Gasteiger partial charge in [0.05, 0.1) is 11.7 Å². The highest BCUT2D eigenvalue weighted by Crippen LogP contribution is 2.15. The minimum Gasteiger partial charge on any atom is -0.480 e. The molecule has 0 fully saturated rings. The zero-order valence-electron chi connectivity index (χ0n) is 39.9. The van der Waals surface area contributed by atoms with Gasteiger partial charge in [-0.3, -0.25) is 34.8 Å². The first kappa shape index (κ1) is 63.3. The van der Waals surface area contributed by atoms with E-state index in [0.717, 1.165) is 50.5 Å². The number of carbonyl (C=O) groups is 6. The first-order valence-corrected chi connectivity index (χ1v) is 23.0. The highest BCUT2D eigenvalue weighted by Gasteiger charge is 2.29. The number of hydrogen-bond acceptors (Lipinski definition) is 14. The number of hydrogen-bond donors (Lipinski definition) is 9. The van der Waals surface area contributed by atoms with Gasteiger partial charge in [-0.25, -0.2) is 4.79 Å². The molecule has 0 aromatic heterocycles. The smallest absolute Gasteiger partial charge is 0.373 e. The fraction of sp³-hybridized carbons (Fsp3) is 0.737. The lowest BCUT2D eigenvalue weighted by atomic mass is 9.88. The van der Waals surface area contributed by atoms with Gasteiger partial charge in [-0.05, 0) is 77.5 Å². The van der Waals surface area contributed by atoms with Gasteiger partial charge in [-0.2, -0.15) is 9.98 Å². The molecule has 0 saturated carbocycles. The number of carbonyl (C=O) groups excluding carboxylic acids is 5. The molecule has 0 rings (SSSR count). The van der Waals surface area contributed by atoms with Crippen LogP contribution in [-0.2, 0) is 28.8 Å². The lowest BCUT2D eigenvalue weighted by Crippen LogP contribution is -2.50. The van der Waals surface area contributed by atoms with Crippen molar-refractivity contribution in [3.63, 3.8) is 0 Å². The van der Waals surface area contributed by atoms with E-state index in [4.69, 9.17) is 16.6 Å². The quantitative estimate of drug-likeness (QED) is 0.0418. The molecule has 0 saturated heterocycles. The molecule has 0 aromatic carbocycles. The summed E-state index contributed by atoms with van der Waals surface area (Å²) in [5, 5.41) is 51.4. The van der Waals surface area contributed by atoms with Crippen LogP contribution in [-0.4, -0.2) is 185 Å². The number of amides is 5. The molecule has 5 amide bonds. The van der Waals surface area contributed by atoms with Crippen molar-refractivity contribution in [2.75, 3.05) is 66.9 Å². The number of aliphatic carboxylic acids is 1. The molecule has 0 bridgehead atoms. The Balaban J connectivity index is -0.000000993. The second-order valence-corrected chi connectivity index (χ2v) is 16.9. The largest absolute Gasteiger partial charge is 0.480 e. The van der Waals surface area contributed by atoms with Gasteiger partial charge < -0.3 is 56.3 Å². The number of carboxylic acid groups (broad SMARTS) is 1. The summed E-state index contributed by atoms with van der Waals surface area (Å²) < 4.78 is 0. The van der Waals surface area contributed by atoms with Gasteiger partial charge in [0.15, 0.2) is 10.3 Å². The van der Waals surface area contributed by atoms with E-state index in [1.165, 1.54) is 56.1 Å². The molecule has 4 atom stereocenters. The molecule has 360 valence electrons. The Bertz CT molecular complexity index is 1530. The molecule has 63 heavy (non-hydrogen) atoms. The third-order valence-corrected chi connectivity index (χ3v) is 10.3. The second kappa shape index (κ2) is 35.3. The third kappa shape index (κ3) is 33.2. The SMILES string of the molecule is CB(O)NCC(C(=O)O)N(C)C(=O)C[C@H](C)CCCN(C)C(C)=N.CSC(=NC(=O)C(CNB(C)O)N(C)C(=O)C[C@H](C)CCCN(C)C(C)=N)NC(C)=O.CSC(N)=NC(C)=O. The number of carboxylic acids is 1. The van der Waals surface area contributed by atoms with E-state index in [2.05, 4.69) is 25.8 Å². The number of nitrogens with two attached hydrogens (primary N) is 1. The number of likely N-dealkylation sites (N-methyl/N-ethyl adjacent to an activating group) is 2. The van der Waals surface area contributed by atoms with Crippen molar-refractivity contribution in [2.24, 2.45) is 27.6 Å². The van der Waals surface area contributed by atoms with Gasteiger partial charge in [0.25, 0.3) is 5.91 Å². The Morgan fingerprint density at radius 1 is 0.714 bits per heavy atom. The summed E-state index contributed by atoms with van der Waals surface area (Å²) in [7, 11) is 5.05. The van der Waals surface area contributed by atoms with Gasteiger partial charge in [0.1, 0.15) is 12.1 Å². The molecule has 0 aliphatic rings. The fourth-order valence-electron chi connectivity index (χ4n) is 5.12. The molecular weight excluding hydrogens is 854 g/mol. The van der Waals surface area contributed by atoms with Crippen LogP contribution in [0.2, 0.25) is 13.6 Å². The number of thioether (sulfide) groups is 2. The van der Waals surface area contributed by atoms with Crippen molar-refractivity contribution in [2.45, 2.75) is 106 Å². The van der Waals surface area contributed by atoms with Crippen LogP contribution < -0.4 is 21.5 Å². The molecule has 0 radical (unpaired) electrons. The molecule has 10 N–H and O–H groups in total. The molecule has 21 nitrogen and oxygen atoms in total. The Labute approximate surface area is 384 Å². The van der Waals surface area contributed by atoms with Gasteiger partial charge in [-0.15, -0.1) is 0 Å². The average Bonchev–Trinajstić information content (AvgIpc) is 3.16. The summed E-state index contributed by atoms with van der Waals surface area (Å²) >= 11 is 2.38. The lowest BCUT2D eigenvalue weighted by Gasteiger charge is -2.27. The van der Waals surface area contributed by atoms with Crippen molar-refractivity contribution >= 4 is 95.1 Å². The minimum absolute atomic E-state index is 0.00692. The maximum absolute atomic E-state index is 12.8. The standard InChI is InChI=1S/C19H37BN6O4S.C15H31BN4O4.C4H8N2OS/c1-13(9-8-10-25(5)14(2)21)11-17(28)26(6)16(12-22-20(4)30)18(29)24-19(31-7)23-15(3)27;1-11(7-6-8-19(4)12(2)17)9-14(21)20(5)13(15(22)23)10-18-16(3)24;1-3(7)6-4(5)8-2/h13,16,21-22,30H,8-12H2,1-7H3,(H,23,24,27,29);11,13,17-18,24H,6-10H2,1-5H3,(H,22,23);1-2H3,(H2,5,6,7)/t13-,16?;11-,13?;/m11./s1. The minimum atomic E-state index is -1.10. The van der Waals surface area contributed by atoms with Crippen molar-refractivity contribution in [3.8, 4) is 0 Å². The summed E-state index contributed by atoms with van der Waals surface area (Å²) in [5.74, 6) is -1.45. The first-order valence-electron chi connectivity index (χ1n) is 20.5. The van der Waals surface area contributed by atoms with Crippen LogP contribution in [0.4, 0.5) is 0 Å². The summed E-state index contributed by atoms with van der Waals surface area (Å²) in [4.78, 5) is 84.2. The molecule has 0 aromatic rings. The second-order valence-electron chi connectivity index (χ2n) is 15.3. The normalized spacial score (nSPS) is 13.0. The third-order valence-electron chi connectivity index (χ3n) is 9.24. The molecule has 2 unspecified atom stereocenters. The van der Waals surface area contributed by atoms with Crippen molar-refractivity contribution in [1.29, 1.82) is 10.8 Å². The molecule has 25 heteroatoms. The van der Waals surface area contributed by atoms with Crippen LogP contribution in [0.3, 0.4) is 0 Å².